The van der Waals surface area contributed by atoms with E-state index in [-0.39, 0.29) is 6.04 Å². The van der Waals surface area contributed by atoms with Crippen LogP contribution in [0.3, 0.4) is 0 Å². The van der Waals surface area contributed by atoms with Gasteiger partial charge in [-0.3, -0.25) is 0 Å². The second-order valence-corrected chi connectivity index (χ2v) is 9.43. The van der Waals surface area contributed by atoms with Crippen LogP contribution in [0.25, 0.3) is 0 Å². The summed E-state index contributed by atoms with van der Waals surface area (Å²) in [6, 6.07) is 1.97. The Morgan fingerprint density at radius 3 is 2.76 bits per heavy atom. The molecule has 0 aromatic carbocycles. The highest BCUT2D eigenvalue weighted by Crippen LogP contribution is 2.45. The van der Waals surface area contributed by atoms with E-state index in [1.165, 1.54) is 30.6 Å². The summed E-state index contributed by atoms with van der Waals surface area (Å²) in [5, 5.41) is 3.26. The summed E-state index contributed by atoms with van der Waals surface area (Å²) in [5.74, 6) is 1.31. The molecular formula is C15H24N2O2S2. The molecule has 3 atom stereocenters. The molecule has 21 heavy (non-hydrogen) atoms. The Morgan fingerprint density at radius 2 is 2.14 bits per heavy atom. The zero-order chi connectivity index (χ0) is 15.0. The van der Waals surface area contributed by atoms with Crippen molar-refractivity contribution in [2.24, 2.45) is 11.8 Å². The van der Waals surface area contributed by atoms with E-state index in [0.717, 1.165) is 35.9 Å². The van der Waals surface area contributed by atoms with Crippen LogP contribution in [0.1, 0.15) is 43.0 Å². The third-order valence-corrected chi connectivity index (χ3v) is 8.04. The van der Waals surface area contributed by atoms with E-state index in [9.17, 15) is 8.42 Å². The minimum absolute atomic E-state index is 0.161. The molecule has 1 aromatic rings. The zero-order valence-electron chi connectivity index (χ0n) is 12.7. The molecule has 4 nitrogen and oxygen atoms in total. The van der Waals surface area contributed by atoms with Crippen molar-refractivity contribution < 1.29 is 8.42 Å². The summed E-state index contributed by atoms with van der Waals surface area (Å²) in [6.45, 7) is 5.68. The molecule has 2 fully saturated rings. The summed E-state index contributed by atoms with van der Waals surface area (Å²) in [5.41, 5.74) is 1.06. The van der Waals surface area contributed by atoms with Crippen LogP contribution in [0.4, 0.5) is 0 Å². The van der Waals surface area contributed by atoms with Crippen LogP contribution in [0.15, 0.2) is 10.3 Å². The van der Waals surface area contributed by atoms with E-state index in [4.69, 9.17) is 0 Å². The van der Waals surface area contributed by atoms with Crippen LogP contribution in [-0.4, -0.2) is 21.0 Å². The largest absolute Gasteiger partial charge is 0.312 e. The summed E-state index contributed by atoms with van der Waals surface area (Å²) in [4.78, 5) is 1.12. The molecule has 3 rings (SSSR count). The normalized spacial score (nSPS) is 28.4. The van der Waals surface area contributed by atoms with Gasteiger partial charge in [-0.05, 0) is 56.2 Å². The second kappa shape index (κ2) is 5.99. The van der Waals surface area contributed by atoms with Crippen molar-refractivity contribution in [2.75, 3.05) is 6.54 Å². The van der Waals surface area contributed by atoms with Gasteiger partial charge in [0, 0.05) is 17.5 Å². The summed E-state index contributed by atoms with van der Waals surface area (Å²) in [6.07, 6.45) is 4.71. The molecule has 1 aromatic heterocycles. The van der Waals surface area contributed by atoms with Crippen LogP contribution >= 0.6 is 11.3 Å². The molecule has 0 aliphatic heterocycles. The number of sulfonamides is 1. The van der Waals surface area contributed by atoms with Crippen LogP contribution in [0.2, 0.25) is 0 Å². The molecular weight excluding hydrogens is 304 g/mol. The first-order valence-corrected chi connectivity index (χ1v) is 10.1. The van der Waals surface area contributed by atoms with Crippen molar-refractivity contribution in [1.82, 2.24) is 10.0 Å². The van der Waals surface area contributed by atoms with Gasteiger partial charge >= 0.3 is 0 Å². The first-order valence-electron chi connectivity index (χ1n) is 7.82. The lowest BCUT2D eigenvalue weighted by Gasteiger charge is -2.22. The fourth-order valence-corrected chi connectivity index (χ4v) is 6.57. The minimum atomic E-state index is -3.35. The molecule has 2 N–H and O–H groups in total. The van der Waals surface area contributed by atoms with Gasteiger partial charge in [-0.25, -0.2) is 13.1 Å². The zero-order valence-corrected chi connectivity index (χ0v) is 14.3. The number of aryl methyl sites for hydroxylation is 1. The van der Waals surface area contributed by atoms with Crippen molar-refractivity contribution >= 4 is 21.4 Å². The van der Waals surface area contributed by atoms with Gasteiger partial charge < -0.3 is 5.32 Å². The van der Waals surface area contributed by atoms with Gasteiger partial charge in [0.25, 0.3) is 0 Å². The Hall–Kier alpha value is -0.430. The lowest BCUT2D eigenvalue weighted by molar-refractivity contribution is 0.390. The predicted octanol–water partition coefficient (Wildman–Crippen LogP) is 2.63. The SMILES string of the molecule is CCNCc1sc(S(=O)(=O)NC2CC3CCC2C3)cc1C. The quantitative estimate of drug-likeness (QED) is 0.844. The molecule has 2 aliphatic rings. The van der Waals surface area contributed by atoms with Gasteiger partial charge in [0.15, 0.2) is 0 Å². The molecule has 0 spiro atoms. The van der Waals surface area contributed by atoms with Crippen LogP contribution in [0.5, 0.6) is 0 Å². The Labute approximate surface area is 131 Å². The van der Waals surface area contributed by atoms with Gasteiger partial charge in [0.05, 0.1) is 0 Å². The van der Waals surface area contributed by atoms with E-state index in [1.807, 2.05) is 13.0 Å². The number of hydrogen-bond donors (Lipinski definition) is 2. The Morgan fingerprint density at radius 1 is 1.33 bits per heavy atom. The van der Waals surface area contributed by atoms with E-state index in [0.29, 0.717) is 10.1 Å². The Balaban J connectivity index is 1.72. The van der Waals surface area contributed by atoms with Crippen molar-refractivity contribution in [3.8, 4) is 0 Å². The van der Waals surface area contributed by atoms with Crippen molar-refractivity contribution in [2.45, 2.75) is 56.3 Å². The fraction of sp³-hybridized carbons (Fsp3) is 0.733. The Bertz CT molecular complexity index is 609. The average Bonchev–Trinajstić information content (AvgIpc) is 3.11. The monoisotopic (exact) mass is 328 g/mol. The number of hydrogen-bond acceptors (Lipinski definition) is 4. The minimum Gasteiger partial charge on any atom is -0.312 e. The first-order chi connectivity index (χ1) is 9.99. The average molecular weight is 329 g/mol. The molecule has 6 heteroatoms. The number of rotatable bonds is 6. The summed E-state index contributed by atoms with van der Waals surface area (Å²) < 4.78 is 28.6. The van der Waals surface area contributed by atoms with Gasteiger partial charge in [-0.1, -0.05) is 13.3 Å². The molecule has 1 heterocycles. The molecule has 118 valence electrons. The third-order valence-electron chi connectivity index (χ3n) is 4.84. The van der Waals surface area contributed by atoms with E-state index in [2.05, 4.69) is 17.0 Å². The highest BCUT2D eigenvalue weighted by Gasteiger charge is 2.41. The molecule has 0 amide bonds. The van der Waals surface area contributed by atoms with Crippen LogP contribution in [0, 0.1) is 18.8 Å². The lowest BCUT2D eigenvalue weighted by atomic mass is 9.96. The topological polar surface area (TPSA) is 58.2 Å². The molecule has 2 bridgehead atoms. The highest BCUT2D eigenvalue weighted by molar-refractivity contribution is 7.91. The van der Waals surface area contributed by atoms with E-state index in [1.54, 1.807) is 0 Å². The highest BCUT2D eigenvalue weighted by atomic mass is 32.2. The number of fused-ring (bicyclic) bond motifs is 2. The molecule has 0 saturated heterocycles. The van der Waals surface area contributed by atoms with Crippen LogP contribution < -0.4 is 10.0 Å². The summed E-state index contributed by atoms with van der Waals surface area (Å²) >= 11 is 1.40. The maximum Gasteiger partial charge on any atom is 0.250 e. The second-order valence-electron chi connectivity index (χ2n) is 6.35. The maximum atomic E-state index is 12.6. The fourth-order valence-electron chi connectivity index (χ4n) is 3.68. The molecule has 3 unspecified atom stereocenters. The third kappa shape index (κ3) is 3.18. The molecule has 2 aliphatic carbocycles. The Kier molecular flexibility index (Phi) is 4.41. The lowest BCUT2D eigenvalue weighted by Crippen LogP contribution is -2.38. The van der Waals surface area contributed by atoms with E-state index < -0.39 is 10.0 Å². The van der Waals surface area contributed by atoms with Crippen molar-refractivity contribution in [1.29, 1.82) is 0 Å². The standard InChI is InChI=1S/C15H24N2O2S2/c1-3-16-9-14-10(2)6-15(20-14)21(18,19)17-13-8-11-4-5-12(13)7-11/h6,11-13,16-17H,3-5,7-9H2,1-2H3. The summed E-state index contributed by atoms with van der Waals surface area (Å²) in [7, 11) is -3.35. The molecule has 2 saturated carbocycles. The maximum absolute atomic E-state index is 12.6. The van der Waals surface area contributed by atoms with Gasteiger partial charge in [-0.2, -0.15) is 0 Å². The number of thiophene rings is 1. The smallest absolute Gasteiger partial charge is 0.250 e. The van der Waals surface area contributed by atoms with Crippen molar-refractivity contribution in [3.63, 3.8) is 0 Å². The number of nitrogens with one attached hydrogen (secondary N) is 2. The predicted molar refractivity (Wildman–Crippen MR) is 86.0 cm³/mol. The van der Waals surface area contributed by atoms with Crippen molar-refractivity contribution in [3.05, 3.63) is 16.5 Å². The van der Waals surface area contributed by atoms with Gasteiger partial charge in [0.2, 0.25) is 10.0 Å². The molecule has 0 radical (unpaired) electrons. The first kappa shape index (κ1) is 15.5. The van der Waals surface area contributed by atoms with Crippen LogP contribution in [-0.2, 0) is 16.6 Å². The van der Waals surface area contributed by atoms with Gasteiger partial charge in [-0.15, -0.1) is 11.3 Å². The van der Waals surface area contributed by atoms with Gasteiger partial charge in [0.1, 0.15) is 4.21 Å². The van der Waals surface area contributed by atoms with E-state index >= 15 is 0 Å².